The summed E-state index contributed by atoms with van der Waals surface area (Å²) < 4.78 is 42.4. The molecule has 0 aliphatic heterocycles. The molecule has 21 aromatic rings. The Balaban J connectivity index is 0.000000117. The summed E-state index contributed by atoms with van der Waals surface area (Å²) in [5, 5.41) is 38.5. The summed E-state index contributed by atoms with van der Waals surface area (Å²) in [4.78, 5) is 24.5. The summed E-state index contributed by atoms with van der Waals surface area (Å²) >= 11 is 0. The predicted octanol–water partition coefficient (Wildman–Crippen LogP) is 28.8. The van der Waals surface area contributed by atoms with Gasteiger partial charge < -0.3 is 53.9 Å². The highest BCUT2D eigenvalue weighted by atomic mass is 16.5. The molecule has 1 saturated carbocycles. The molecule has 1 fully saturated rings. The summed E-state index contributed by atoms with van der Waals surface area (Å²) in [7, 11) is 1.66. The van der Waals surface area contributed by atoms with Gasteiger partial charge >= 0.3 is 0 Å². The molecule has 0 unspecified atom stereocenters. The molecule has 0 radical (unpaired) electrons. The van der Waals surface area contributed by atoms with Crippen LogP contribution in [0.4, 0.5) is 34.8 Å². The highest BCUT2D eigenvalue weighted by Crippen LogP contribution is 2.43. The molecule has 26 heteroatoms. The number of hydrogen-bond donors (Lipinski definition) is 5. The highest BCUT2D eigenvalue weighted by Gasteiger charge is 2.28. The van der Waals surface area contributed by atoms with Gasteiger partial charge in [-0.1, -0.05) is 197 Å². The van der Waals surface area contributed by atoms with Crippen molar-refractivity contribution in [3.05, 3.63) is 324 Å². The largest absolute Gasteiger partial charge is 0.497 e. The molecule has 0 spiro atoms. The molecule has 15 heterocycles. The zero-order chi connectivity index (χ0) is 99.6. The molecule has 1 aliphatic rings. The number of imidazole rings is 5. The fourth-order valence-electron chi connectivity index (χ4n) is 18.5. The van der Waals surface area contributed by atoms with Crippen LogP contribution in [0, 0.1) is 76.2 Å². The maximum Gasteiger partial charge on any atom is 0.143 e. The summed E-state index contributed by atoms with van der Waals surface area (Å²) in [5.41, 5.74) is 32.0. The van der Waals surface area contributed by atoms with E-state index in [1.54, 1.807) is 7.11 Å². The summed E-state index contributed by atoms with van der Waals surface area (Å²) in [5.74, 6) is 10.0. The average Bonchev–Trinajstić information content (AvgIpc) is 1.64. The van der Waals surface area contributed by atoms with Crippen molar-refractivity contribution in [2.24, 2.45) is 0 Å². The number of nitrogens with zero attached hydrogens (tertiary/aromatic N) is 15. The van der Waals surface area contributed by atoms with Crippen LogP contribution in [0.1, 0.15) is 157 Å². The number of ether oxygens (including phenoxy) is 1. The second-order valence-electron chi connectivity index (χ2n) is 39.5. The monoisotopic (exact) mass is 1890 g/mol. The number of benzene rings is 6. The van der Waals surface area contributed by atoms with Crippen LogP contribution in [0.15, 0.2) is 284 Å². The van der Waals surface area contributed by atoms with Gasteiger partial charge in [0.1, 0.15) is 120 Å². The van der Waals surface area contributed by atoms with Crippen molar-refractivity contribution >= 4 is 63.0 Å². The first kappa shape index (κ1) is 95.9. The van der Waals surface area contributed by atoms with Crippen molar-refractivity contribution in [1.29, 1.82) is 0 Å². The summed E-state index contributed by atoms with van der Waals surface area (Å²) in [6, 6.07) is 79.0. The number of pyridine rings is 5. The number of methoxy groups -OCH3 is 1. The third-order valence-electron chi connectivity index (χ3n) is 25.1. The molecular weight excluding hydrogens is 1770 g/mol. The highest BCUT2D eigenvalue weighted by molar-refractivity contribution is 5.86. The number of nitrogens with one attached hydrogen (secondary N) is 5. The molecule has 0 bridgehead atoms. The van der Waals surface area contributed by atoms with Crippen molar-refractivity contribution in [1.82, 2.24) is 72.7 Å². The molecule has 722 valence electrons. The van der Waals surface area contributed by atoms with Crippen LogP contribution in [-0.4, -0.2) is 102 Å². The topological polar surface area (TPSA) is 286 Å². The first-order valence-electron chi connectivity index (χ1n) is 48.3. The third-order valence-corrected chi connectivity index (χ3v) is 25.1. The zero-order valence-electron chi connectivity index (χ0n) is 84.6. The Labute approximate surface area is 827 Å². The second-order valence-corrected chi connectivity index (χ2v) is 39.5. The number of aromatic nitrogens is 15. The Morgan fingerprint density at radius 1 is 0.282 bits per heavy atom. The van der Waals surface area contributed by atoms with Crippen LogP contribution in [0.25, 0.3) is 140 Å². The van der Waals surface area contributed by atoms with Crippen LogP contribution >= 0.6 is 0 Å². The fourth-order valence-corrected chi connectivity index (χ4v) is 18.5. The van der Waals surface area contributed by atoms with Crippen LogP contribution in [0.3, 0.4) is 0 Å². The van der Waals surface area contributed by atoms with Gasteiger partial charge in [0.15, 0.2) is 0 Å². The molecular formula is C116H122N20O6. The van der Waals surface area contributed by atoms with E-state index in [4.69, 9.17) is 52.3 Å². The van der Waals surface area contributed by atoms with Gasteiger partial charge in [-0.2, -0.15) is 0 Å². The lowest BCUT2D eigenvalue weighted by atomic mass is 9.95. The standard InChI is InChI=1S/C25H22N4O2.C24H26N4O.C23H26N4O.2C22H24N4O/c1-16-23(17(2)31-28-16)18-7-9-19(10-8-18)24-25(29-15-5-4-6-22(29)27-24)26-20-11-13-21(30-3)14-12-20;1-16-22(17(2)29-27-16)18-11-13-19(14-12-18)23-24(25-20-8-4-3-5-9-20)28-15-7-6-10-21(28)26-23;1-14-7-12-19-24-21(22(27(19)13-14)25-23(4,5)6)18-10-8-17(9-11-18)20-15(2)26-28-16(20)3;2*1-14-19(15(2)27-25-14)16-9-11-17(12-10-16)20-21(24-22(3,4)5)26-13-7-6-8-18(26)23-20/h4-15,26H,1-3H3;6-7,10-15,20,25H,3-5,8-9H2,1-2H3;7-13,25H,1-6H3;2*6-13,24H,1-5H3. The van der Waals surface area contributed by atoms with Gasteiger partial charge in [0.2, 0.25) is 0 Å². The number of hydrogen-bond acceptors (Lipinski definition) is 21. The molecule has 26 nitrogen and oxygen atoms in total. The molecule has 6 aromatic carbocycles. The van der Waals surface area contributed by atoms with Gasteiger partial charge in [-0.3, -0.25) is 22.0 Å². The second kappa shape index (κ2) is 40.2. The smallest absolute Gasteiger partial charge is 0.143 e. The minimum atomic E-state index is -0.0783. The molecule has 0 atom stereocenters. The van der Waals surface area contributed by atoms with Crippen molar-refractivity contribution in [2.75, 3.05) is 33.7 Å². The van der Waals surface area contributed by atoms with E-state index in [1.807, 2.05) is 173 Å². The summed E-state index contributed by atoms with van der Waals surface area (Å²) in [6.07, 6.45) is 16.7. The van der Waals surface area contributed by atoms with E-state index in [1.165, 1.54) is 37.7 Å². The molecule has 5 N–H and O–H groups in total. The molecule has 0 amide bonds. The maximum atomic E-state index is 5.33. The molecule has 0 saturated heterocycles. The normalized spacial score (nSPS) is 12.4. The summed E-state index contributed by atoms with van der Waals surface area (Å²) in [6.45, 7) is 41.0. The number of fused-ring (bicyclic) bond motifs is 5. The van der Waals surface area contributed by atoms with E-state index >= 15 is 0 Å². The lowest BCUT2D eigenvalue weighted by Gasteiger charge is -2.24. The SMILES string of the molecule is COc1ccc(Nc2c(-c3ccc(-c4c(C)noc4C)cc3)nc3ccccn23)cc1.Cc1ccc2nc(-c3ccc(-c4c(C)noc4C)cc3)c(NC(C)(C)C)n2c1.Cc1noc(C)c1-c1ccc(-c2nc3ccccn3c2NC(C)(C)C)cc1.Cc1noc(C)c1-c1ccc(-c2nc3ccccn3c2NC(C)(C)C)cc1.Cc1noc(C)c1-c1ccc(-c2nc3ccccn3c2NC2CCCCC2)cc1. The van der Waals surface area contributed by atoms with Crippen molar-refractivity contribution in [3.8, 4) is 118 Å². The van der Waals surface area contributed by atoms with E-state index in [0.29, 0.717) is 6.04 Å². The Hall–Kier alpha value is -16.4. The van der Waals surface area contributed by atoms with Crippen molar-refractivity contribution in [2.45, 2.75) is 193 Å². The number of rotatable bonds is 18. The molecule has 22 rings (SSSR count). The van der Waals surface area contributed by atoms with E-state index < -0.39 is 0 Å². The van der Waals surface area contributed by atoms with E-state index in [0.717, 1.165) is 238 Å². The molecule has 142 heavy (non-hydrogen) atoms. The first-order chi connectivity index (χ1) is 68.2. The minimum absolute atomic E-state index is 0.0722. The van der Waals surface area contributed by atoms with Crippen LogP contribution in [0.5, 0.6) is 5.75 Å². The number of aryl methyl sites for hydroxylation is 11. The van der Waals surface area contributed by atoms with Crippen LogP contribution in [0.2, 0.25) is 0 Å². The zero-order valence-corrected chi connectivity index (χ0v) is 84.6. The Kier molecular flexibility index (Phi) is 27.2. The van der Waals surface area contributed by atoms with Crippen molar-refractivity contribution in [3.63, 3.8) is 0 Å². The fraction of sp³-hybridized carbons (Fsp3) is 0.259. The Bertz CT molecular complexity index is 7730. The van der Waals surface area contributed by atoms with E-state index in [9.17, 15) is 0 Å². The molecule has 1 aliphatic carbocycles. The van der Waals surface area contributed by atoms with Gasteiger partial charge in [0, 0.05) is 115 Å². The average molecular weight is 1890 g/mol. The van der Waals surface area contributed by atoms with Crippen molar-refractivity contribution < 1.29 is 27.4 Å². The van der Waals surface area contributed by atoms with Gasteiger partial charge in [0.25, 0.3) is 0 Å². The number of anilines is 6. The third kappa shape index (κ3) is 20.8. The predicted molar refractivity (Wildman–Crippen MR) is 570 cm³/mol. The first-order valence-corrected chi connectivity index (χ1v) is 48.3. The minimum Gasteiger partial charge on any atom is -0.497 e. The van der Waals surface area contributed by atoms with E-state index in [-0.39, 0.29) is 16.6 Å². The Morgan fingerprint density at radius 2 is 0.542 bits per heavy atom. The lowest BCUT2D eigenvalue weighted by molar-refractivity contribution is 0.393. The van der Waals surface area contributed by atoms with Gasteiger partial charge in [-0.05, 0) is 264 Å². The molecule has 15 aromatic heterocycles. The Morgan fingerprint density at radius 3 is 0.824 bits per heavy atom. The van der Waals surface area contributed by atoms with Crippen LogP contribution in [-0.2, 0) is 0 Å². The van der Waals surface area contributed by atoms with Gasteiger partial charge in [-0.25, -0.2) is 24.9 Å². The van der Waals surface area contributed by atoms with Crippen LogP contribution < -0.4 is 31.3 Å². The maximum absolute atomic E-state index is 5.33. The van der Waals surface area contributed by atoms with E-state index in [2.05, 4.69) is 302 Å². The van der Waals surface area contributed by atoms with Gasteiger partial charge in [0.05, 0.1) is 35.6 Å². The quantitative estimate of drug-likeness (QED) is 0.0533. The van der Waals surface area contributed by atoms with Gasteiger partial charge in [-0.15, -0.1) is 0 Å². The lowest BCUT2D eigenvalue weighted by Crippen LogP contribution is -2.27.